The summed E-state index contributed by atoms with van der Waals surface area (Å²) < 4.78 is 28.6. The molecule has 0 radical (unpaired) electrons. The second-order valence-electron chi connectivity index (χ2n) is 3.68. The first-order chi connectivity index (χ1) is 7.95. The predicted molar refractivity (Wildman–Crippen MR) is 67.0 cm³/mol. The van der Waals surface area contributed by atoms with E-state index in [1.807, 2.05) is 13.8 Å². The summed E-state index contributed by atoms with van der Waals surface area (Å²) in [6.07, 6.45) is 0.0550. The van der Waals surface area contributed by atoms with E-state index >= 15 is 0 Å². The van der Waals surface area contributed by atoms with E-state index in [1.165, 1.54) is 12.1 Å². The van der Waals surface area contributed by atoms with Crippen LogP contribution in [-0.2, 0) is 14.3 Å². The first kappa shape index (κ1) is 13.8. The summed E-state index contributed by atoms with van der Waals surface area (Å²) in [5.41, 5.74) is 1.00. The van der Waals surface area contributed by atoms with Gasteiger partial charge in [0.15, 0.2) is 0 Å². The molecular weight excluding hydrogens is 236 g/mol. The van der Waals surface area contributed by atoms with E-state index in [9.17, 15) is 8.42 Å². The molecular formula is C13H16O3S. The number of rotatable bonds is 3. The number of aryl methyl sites for hydroxylation is 1. The van der Waals surface area contributed by atoms with Crippen LogP contribution in [0.25, 0.3) is 0 Å². The van der Waals surface area contributed by atoms with Gasteiger partial charge in [0.25, 0.3) is 10.1 Å². The van der Waals surface area contributed by atoms with E-state index < -0.39 is 16.2 Å². The minimum Gasteiger partial charge on any atom is -0.250 e. The summed E-state index contributed by atoms with van der Waals surface area (Å²) in [6.45, 7) is 5.41. The zero-order valence-electron chi connectivity index (χ0n) is 10.2. The van der Waals surface area contributed by atoms with E-state index in [4.69, 9.17) is 4.18 Å². The van der Waals surface area contributed by atoms with Crippen LogP contribution in [0.15, 0.2) is 29.2 Å². The zero-order valence-corrected chi connectivity index (χ0v) is 11.0. The molecule has 0 aromatic heterocycles. The number of benzene rings is 1. The van der Waals surface area contributed by atoms with Gasteiger partial charge in [-0.15, -0.1) is 5.92 Å². The van der Waals surface area contributed by atoms with Gasteiger partial charge in [-0.05, 0) is 26.0 Å². The van der Waals surface area contributed by atoms with Gasteiger partial charge < -0.3 is 0 Å². The van der Waals surface area contributed by atoms with Crippen LogP contribution >= 0.6 is 0 Å². The van der Waals surface area contributed by atoms with Gasteiger partial charge in [-0.25, -0.2) is 0 Å². The topological polar surface area (TPSA) is 43.4 Å². The lowest BCUT2D eigenvalue weighted by Gasteiger charge is -2.07. The highest BCUT2D eigenvalue weighted by atomic mass is 32.2. The van der Waals surface area contributed by atoms with Gasteiger partial charge in [-0.2, -0.15) is 8.42 Å². The van der Waals surface area contributed by atoms with Gasteiger partial charge in [0, 0.05) is 6.42 Å². The Hall–Kier alpha value is -1.31. The average molecular weight is 252 g/mol. The Bertz CT molecular complexity index is 518. The Morgan fingerprint density at radius 1 is 1.29 bits per heavy atom. The summed E-state index contributed by atoms with van der Waals surface area (Å²) in [6, 6.07) is 6.53. The normalized spacial score (nSPS) is 12.6. The van der Waals surface area contributed by atoms with Crippen molar-refractivity contribution in [3.63, 3.8) is 0 Å². The van der Waals surface area contributed by atoms with Gasteiger partial charge in [0.1, 0.15) is 6.10 Å². The third-order valence-corrected chi connectivity index (χ3v) is 3.45. The summed E-state index contributed by atoms with van der Waals surface area (Å²) in [4.78, 5) is 0.160. The summed E-state index contributed by atoms with van der Waals surface area (Å²) in [5.74, 6) is 5.51. The standard InChI is InChI=1S/C13H16O3S/c1-4-5-6-12(3)16-17(14,15)13-9-7-11(2)8-10-13/h7-10,12H,4H2,1-3H3. The van der Waals surface area contributed by atoms with Crippen molar-refractivity contribution in [3.05, 3.63) is 29.8 Å². The van der Waals surface area contributed by atoms with Crippen LogP contribution in [0.1, 0.15) is 25.8 Å². The molecule has 0 aliphatic heterocycles. The Labute approximate surface area is 103 Å². The first-order valence-electron chi connectivity index (χ1n) is 5.44. The molecule has 0 saturated carbocycles. The summed E-state index contributed by atoms with van der Waals surface area (Å²) >= 11 is 0. The van der Waals surface area contributed by atoms with E-state index in [0.717, 1.165) is 5.56 Å². The van der Waals surface area contributed by atoms with Crippen molar-refractivity contribution >= 4 is 10.1 Å². The minimum atomic E-state index is -3.71. The van der Waals surface area contributed by atoms with Crippen molar-refractivity contribution in [1.82, 2.24) is 0 Å². The molecule has 0 amide bonds. The molecule has 17 heavy (non-hydrogen) atoms. The van der Waals surface area contributed by atoms with Gasteiger partial charge in [-0.3, -0.25) is 4.18 Å². The fourth-order valence-corrected chi connectivity index (χ4v) is 2.23. The molecule has 0 bridgehead atoms. The zero-order chi connectivity index (χ0) is 12.9. The average Bonchev–Trinajstić information content (AvgIpc) is 2.26. The van der Waals surface area contributed by atoms with Crippen molar-refractivity contribution < 1.29 is 12.6 Å². The van der Waals surface area contributed by atoms with Crippen molar-refractivity contribution in [3.8, 4) is 11.8 Å². The van der Waals surface area contributed by atoms with Gasteiger partial charge in [0.05, 0.1) is 4.90 Å². The highest BCUT2D eigenvalue weighted by molar-refractivity contribution is 7.86. The van der Waals surface area contributed by atoms with E-state index in [2.05, 4.69) is 11.8 Å². The van der Waals surface area contributed by atoms with Gasteiger partial charge >= 0.3 is 0 Å². The van der Waals surface area contributed by atoms with Crippen LogP contribution in [0.5, 0.6) is 0 Å². The third-order valence-electron chi connectivity index (χ3n) is 2.06. The molecule has 1 aromatic carbocycles. The van der Waals surface area contributed by atoms with E-state index in [-0.39, 0.29) is 4.90 Å². The molecule has 1 unspecified atom stereocenters. The molecule has 0 spiro atoms. The minimum absolute atomic E-state index is 0.160. The van der Waals surface area contributed by atoms with Crippen molar-refractivity contribution in [2.45, 2.75) is 38.2 Å². The van der Waals surface area contributed by atoms with Crippen LogP contribution in [0.4, 0.5) is 0 Å². The highest BCUT2D eigenvalue weighted by Crippen LogP contribution is 2.14. The Balaban J connectivity index is 2.85. The molecule has 0 N–H and O–H groups in total. The van der Waals surface area contributed by atoms with Crippen molar-refractivity contribution in [1.29, 1.82) is 0 Å². The Morgan fingerprint density at radius 3 is 2.41 bits per heavy atom. The predicted octanol–water partition coefficient (Wildman–Crippen LogP) is 2.50. The lowest BCUT2D eigenvalue weighted by atomic mass is 10.2. The maximum absolute atomic E-state index is 11.8. The summed E-state index contributed by atoms with van der Waals surface area (Å²) in [5, 5.41) is 0. The quantitative estimate of drug-likeness (QED) is 0.613. The molecule has 1 rings (SSSR count). The van der Waals surface area contributed by atoms with Crippen molar-refractivity contribution in [2.75, 3.05) is 0 Å². The molecule has 92 valence electrons. The van der Waals surface area contributed by atoms with E-state index in [0.29, 0.717) is 6.42 Å². The first-order valence-corrected chi connectivity index (χ1v) is 6.85. The van der Waals surface area contributed by atoms with Gasteiger partial charge in [0.2, 0.25) is 0 Å². The number of hydrogen-bond acceptors (Lipinski definition) is 3. The molecule has 0 saturated heterocycles. The van der Waals surface area contributed by atoms with Crippen LogP contribution in [-0.4, -0.2) is 14.5 Å². The highest BCUT2D eigenvalue weighted by Gasteiger charge is 2.17. The maximum atomic E-state index is 11.8. The molecule has 1 aromatic rings. The third kappa shape index (κ3) is 4.22. The molecule has 0 aliphatic rings. The van der Waals surface area contributed by atoms with Crippen molar-refractivity contribution in [2.24, 2.45) is 0 Å². The molecule has 4 heteroatoms. The maximum Gasteiger partial charge on any atom is 0.298 e. The Morgan fingerprint density at radius 2 is 1.88 bits per heavy atom. The smallest absolute Gasteiger partial charge is 0.250 e. The fraction of sp³-hybridized carbons (Fsp3) is 0.385. The SMILES string of the molecule is CCC#CC(C)OS(=O)(=O)c1ccc(C)cc1. The molecule has 0 fully saturated rings. The monoisotopic (exact) mass is 252 g/mol. The van der Waals surface area contributed by atoms with Crippen LogP contribution in [0, 0.1) is 18.8 Å². The second-order valence-corrected chi connectivity index (χ2v) is 5.25. The molecule has 3 nitrogen and oxygen atoms in total. The number of hydrogen-bond donors (Lipinski definition) is 0. The van der Waals surface area contributed by atoms with E-state index in [1.54, 1.807) is 19.1 Å². The van der Waals surface area contributed by atoms with Crippen LogP contribution in [0.3, 0.4) is 0 Å². The van der Waals surface area contributed by atoms with Gasteiger partial charge in [-0.1, -0.05) is 30.5 Å². The summed E-state index contributed by atoms with van der Waals surface area (Å²) in [7, 11) is -3.71. The lowest BCUT2D eigenvalue weighted by Crippen LogP contribution is -2.14. The fourth-order valence-electron chi connectivity index (χ4n) is 1.22. The Kier molecular flexibility index (Phi) is 4.73. The molecule has 1 atom stereocenters. The lowest BCUT2D eigenvalue weighted by molar-refractivity contribution is 0.283. The van der Waals surface area contributed by atoms with Crippen LogP contribution in [0.2, 0.25) is 0 Å². The molecule has 0 heterocycles. The second kappa shape index (κ2) is 5.85. The van der Waals surface area contributed by atoms with Crippen LogP contribution < -0.4 is 0 Å². The largest absolute Gasteiger partial charge is 0.298 e. The molecule has 0 aliphatic carbocycles.